The zero-order chi connectivity index (χ0) is 25.2. The Kier molecular flexibility index (Phi) is 6.65. The van der Waals surface area contributed by atoms with Gasteiger partial charge in [0.25, 0.3) is 5.91 Å². The van der Waals surface area contributed by atoms with Crippen LogP contribution in [0.15, 0.2) is 88.7 Å². The molecule has 3 aromatic rings. The van der Waals surface area contributed by atoms with Crippen LogP contribution in [-0.4, -0.2) is 60.3 Å². The SMILES string of the molecule is CN(C)c1ccc(C2C(C(=O)c3ccco3)=C(O)C(=O)N2CC(c2ccccc2)N2CCCC2)cc1. The van der Waals surface area contributed by atoms with E-state index >= 15 is 0 Å². The number of amides is 1. The molecule has 5 rings (SSSR count). The molecule has 0 saturated carbocycles. The standard InChI is InChI=1S/C29H31N3O4/c1-30(2)22-14-12-21(13-15-22)26-25(27(33)24-11-8-18-36-24)28(34)29(35)32(26)19-23(31-16-6-7-17-31)20-9-4-3-5-10-20/h3-5,8-15,18,23,26,34H,6-7,16-17,19H2,1-2H3. The van der Waals surface area contributed by atoms with Gasteiger partial charge in [0.05, 0.1) is 23.9 Å². The number of ketones is 1. The summed E-state index contributed by atoms with van der Waals surface area (Å²) in [5.74, 6) is -1.43. The first-order chi connectivity index (χ1) is 17.5. The second-order valence-electron chi connectivity index (χ2n) is 9.58. The molecule has 0 spiro atoms. The van der Waals surface area contributed by atoms with Crippen molar-refractivity contribution >= 4 is 17.4 Å². The highest BCUT2D eigenvalue weighted by Gasteiger charge is 2.45. The third kappa shape index (κ3) is 4.42. The minimum absolute atomic E-state index is 0.0490. The van der Waals surface area contributed by atoms with Gasteiger partial charge in [0.2, 0.25) is 5.78 Å². The highest BCUT2D eigenvalue weighted by molar-refractivity contribution is 6.15. The van der Waals surface area contributed by atoms with Gasteiger partial charge in [-0.25, -0.2) is 0 Å². The topological polar surface area (TPSA) is 77.2 Å². The molecule has 1 N–H and O–H groups in total. The Balaban J connectivity index is 1.56. The second-order valence-corrected chi connectivity index (χ2v) is 9.58. The lowest BCUT2D eigenvalue weighted by molar-refractivity contribution is -0.130. The number of furan rings is 1. The van der Waals surface area contributed by atoms with Gasteiger partial charge in [0, 0.05) is 26.3 Å². The Bertz CT molecular complexity index is 1240. The van der Waals surface area contributed by atoms with Crippen LogP contribution >= 0.6 is 0 Å². The first-order valence-electron chi connectivity index (χ1n) is 12.3. The molecule has 2 atom stereocenters. The number of anilines is 1. The van der Waals surface area contributed by atoms with Gasteiger partial charge in [-0.2, -0.15) is 0 Å². The van der Waals surface area contributed by atoms with Crippen LogP contribution in [0, 0.1) is 0 Å². The van der Waals surface area contributed by atoms with Crippen LogP contribution in [0.25, 0.3) is 0 Å². The van der Waals surface area contributed by atoms with E-state index in [4.69, 9.17) is 4.42 Å². The van der Waals surface area contributed by atoms with E-state index in [-0.39, 0.29) is 17.4 Å². The molecular formula is C29H31N3O4. The van der Waals surface area contributed by atoms with Crippen LogP contribution in [-0.2, 0) is 4.79 Å². The summed E-state index contributed by atoms with van der Waals surface area (Å²) in [5.41, 5.74) is 2.93. The van der Waals surface area contributed by atoms with E-state index in [1.54, 1.807) is 17.0 Å². The number of nitrogens with zero attached hydrogens (tertiary/aromatic N) is 3. The van der Waals surface area contributed by atoms with Gasteiger partial charge in [0.15, 0.2) is 11.5 Å². The zero-order valence-electron chi connectivity index (χ0n) is 20.6. The summed E-state index contributed by atoms with van der Waals surface area (Å²) in [6.07, 6.45) is 3.63. The third-order valence-electron chi connectivity index (χ3n) is 7.15. The molecule has 7 heteroatoms. The molecular weight excluding hydrogens is 454 g/mol. The minimum Gasteiger partial charge on any atom is -0.503 e. The van der Waals surface area contributed by atoms with Crippen LogP contribution in [0.5, 0.6) is 0 Å². The van der Waals surface area contributed by atoms with Crippen LogP contribution < -0.4 is 4.90 Å². The van der Waals surface area contributed by atoms with Crippen molar-refractivity contribution in [3.05, 3.63) is 101 Å². The fourth-order valence-electron chi connectivity index (χ4n) is 5.26. The Morgan fingerprint density at radius 2 is 1.72 bits per heavy atom. The average Bonchev–Trinajstić information content (AvgIpc) is 3.66. The summed E-state index contributed by atoms with van der Waals surface area (Å²) in [4.78, 5) is 33.0. The van der Waals surface area contributed by atoms with Gasteiger partial charge >= 0.3 is 0 Å². The molecule has 36 heavy (non-hydrogen) atoms. The Morgan fingerprint density at radius 1 is 1.03 bits per heavy atom. The Labute approximate surface area is 211 Å². The molecule has 0 bridgehead atoms. The number of aliphatic hydroxyl groups excluding tert-OH is 1. The molecule has 2 aliphatic heterocycles. The van der Waals surface area contributed by atoms with Crippen LogP contribution in [0.1, 0.15) is 46.6 Å². The van der Waals surface area contributed by atoms with Gasteiger partial charge in [-0.1, -0.05) is 42.5 Å². The van der Waals surface area contributed by atoms with Gasteiger partial charge < -0.3 is 19.3 Å². The van der Waals surface area contributed by atoms with Crippen molar-refractivity contribution < 1.29 is 19.1 Å². The van der Waals surface area contributed by atoms with Crippen molar-refractivity contribution in [3.63, 3.8) is 0 Å². The first kappa shape index (κ1) is 23.9. The van der Waals surface area contributed by atoms with Gasteiger partial charge in [0.1, 0.15) is 0 Å². The lowest BCUT2D eigenvalue weighted by Gasteiger charge is -2.35. The summed E-state index contributed by atoms with van der Waals surface area (Å²) >= 11 is 0. The Hall–Kier alpha value is -3.84. The number of rotatable bonds is 8. The lowest BCUT2D eigenvalue weighted by Crippen LogP contribution is -2.40. The summed E-state index contributed by atoms with van der Waals surface area (Å²) in [6, 6.07) is 20.3. The van der Waals surface area contributed by atoms with E-state index < -0.39 is 23.5 Å². The van der Waals surface area contributed by atoms with Crippen molar-refractivity contribution in [2.24, 2.45) is 0 Å². The molecule has 1 saturated heterocycles. The van der Waals surface area contributed by atoms with Crippen molar-refractivity contribution in [2.45, 2.75) is 24.9 Å². The highest BCUT2D eigenvalue weighted by atomic mass is 16.3. The lowest BCUT2D eigenvalue weighted by atomic mass is 9.94. The number of likely N-dealkylation sites (tertiary alicyclic amines) is 1. The number of benzene rings is 2. The predicted octanol–water partition coefficient (Wildman–Crippen LogP) is 4.76. The van der Waals surface area contributed by atoms with Crippen molar-refractivity contribution in [1.29, 1.82) is 0 Å². The smallest absolute Gasteiger partial charge is 0.290 e. The van der Waals surface area contributed by atoms with Crippen molar-refractivity contribution in [1.82, 2.24) is 9.80 Å². The normalized spacial score (nSPS) is 19.2. The van der Waals surface area contributed by atoms with E-state index in [1.807, 2.05) is 61.5 Å². The van der Waals surface area contributed by atoms with E-state index in [0.29, 0.717) is 6.54 Å². The van der Waals surface area contributed by atoms with Crippen molar-refractivity contribution in [3.8, 4) is 0 Å². The summed E-state index contributed by atoms with van der Waals surface area (Å²) in [7, 11) is 3.91. The minimum atomic E-state index is -0.722. The molecule has 2 aliphatic rings. The van der Waals surface area contributed by atoms with Gasteiger partial charge in [-0.15, -0.1) is 0 Å². The number of Topliss-reactive ketones (excluding diaryl/α,β-unsaturated/α-hetero) is 1. The maximum Gasteiger partial charge on any atom is 0.290 e. The molecule has 3 heterocycles. The van der Waals surface area contributed by atoms with E-state index in [0.717, 1.165) is 42.7 Å². The molecule has 2 unspecified atom stereocenters. The molecule has 186 valence electrons. The quantitative estimate of drug-likeness (QED) is 0.464. The number of aliphatic hydroxyl groups is 1. The molecule has 2 aromatic carbocycles. The highest BCUT2D eigenvalue weighted by Crippen LogP contribution is 2.41. The summed E-state index contributed by atoms with van der Waals surface area (Å²) in [5, 5.41) is 11.0. The number of carbonyl (C=O) groups excluding carboxylic acids is 2. The van der Waals surface area contributed by atoms with Gasteiger partial charge in [-0.3, -0.25) is 14.5 Å². The number of hydrogen-bond acceptors (Lipinski definition) is 6. The van der Waals surface area contributed by atoms with E-state index in [9.17, 15) is 14.7 Å². The largest absolute Gasteiger partial charge is 0.503 e. The molecule has 0 aliphatic carbocycles. The van der Waals surface area contributed by atoms with Crippen LogP contribution in [0.2, 0.25) is 0 Å². The van der Waals surface area contributed by atoms with Crippen LogP contribution in [0.4, 0.5) is 5.69 Å². The van der Waals surface area contributed by atoms with Gasteiger partial charge in [-0.05, 0) is 61.3 Å². The molecule has 1 fully saturated rings. The number of carbonyl (C=O) groups is 2. The summed E-state index contributed by atoms with van der Waals surface area (Å²) < 4.78 is 5.35. The fourth-order valence-corrected chi connectivity index (χ4v) is 5.26. The molecule has 1 aromatic heterocycles. The number of hydrogen-bond donors (Lipinski definition) is 1. The predicted molar refractivity (Wildman–Crippen MR) is 138 cm³/mol. The molecule has 7 nitrogen and oxygen atoms in total. The van der Waals surface area contributed by atoms with Crippen molar-refractivity contribution in [2.75, 3.05) is 38.6 Å². The van der Waals surface area contributed by atoms with E-state index in [1.165, 1.54) is 6.26 Å². The van der Waals surface area contributed by atoms with Crippen LogP contribution in [0.3, 0.4) is 0 Å². The summed E-state index contributed by atoms with van der Waals surface area (Å²) in [6.45, 7) is 2.24. The second kappa shape index (κ2) is 10.0. The third-order valence-corrected chi connectivity index (χ3v) is 7.15. The first-order valence-corrected chi connectivity index (χ1v) is 12.3. The zero-order valence-corrected chi connectivity index (χ0v) is 20.6. The molecule has 0 radical (unpaired) electrons. The monoisotopic (exact) mass is 485 g/mol. The van der Waals surface area contributed by atoms with E-state index in [2.05, 4.69) is 17.0 Å². The fraction of sp³-hybridized carbons (Fsp3) is 0.310. The Morgan fingerprint density at radius 3 is 2.33 bits per heavy atom. The molecule has 1 amide bonds. The average molecular weight is 486 g/mol. The maximum absolute atomic E-state index is 13.5. The maximum atomic E-state index is 13.5.